The van der Waals surface area contributed by atoms with Gasteiger partial charge < -0.3 is 15.1 Å². The number of rotatable bonds is 8. The lowest BCUT2D eigenvalue weighted by Crippen LogP contribution is -2.45. The van der Waals surface area contributed by atoms with E-state index in [1.807, 2.05) is 47.8 Å². The summed E-state index contributed by atoms with van der Waals surface area (Å²) in [5, 5.41) is 5.68. The number of hydrogen-bond acceptors (Lipinski definition) is 3. The highest BCUT2D eigenvalue weighted by Crippen LogP contribution is 2.30. The molecule has 32 heavy (non-hydrogen) atoms. The number of halogens is 2. The normalized spacial score (nSPS) is 12.9. The van der Waals surface area contributed by atoms with Crippen LogP contribution in [-0.4, -0.2) is 34.3 Å². The van der Waals surface area contributed by atoms with Crippen LogP contribution >= 0.6 is 34.5 Å². The van der Waals surface area contributed by atoms with Gasteiger partial charge in [0, 0.05) is 22.5 Å². The number of urea groups is 1. The third-order valence-corrected chi connectivity index (χ3v) is 6.63. The lowest BCUT2D eigenvalue weighted by atomic mass is 10.2. The largest absolute Gasteiger partial charge is 0.332 e. The van der Waals surface area contributed by atoms with E-state index in [0.29, 0.717) is 28.8 Å². The van der Waals surface area contributed by atoms with Crippen molar-refractivity contribution in [2.75, 3.05) is 11.9 Å². The molecule has 2 aromatic carbocycles. The Kier molecular flexibility index (Phi) is 7.35. The molecule has 0 aliphatic heterocycles. The number of nitrogens with zero attached hydrogens (tertiary/aromatic N) is 2. The number of thiophene rings is 1. The van der Waals surface area contributed by atoms with Gasteiger partial charge in [0.25, 0.3) is 0 Å². The molecule has 1 N–H and O–H groups in total. The maximum absolute atomic E-state index is 13.4. The van der Waals surface area contributed by atoms with E-state index in [4.69, 9.17) is 23.2 Å². The van der Waals surface area contributed by atoms with E-state index in [0.717, 1.165) is 23.3 Å². The predicted molar refractivity (Wildman–Crippen MR) is 130 cm³/mol. The van der Waals surface area contributed by atoms with Gasteiger partial charge in [0.05, 0.1) is 17.3 Å². The van der Waals surface area contributed by atoms with Crippen molar-refractivity contribution < 1.29 is 9.59 Å². The van der Waals surface area contributed by atoms with Crippen LogP contribution < -0.4 is 5.32 Å². The summed E-state index contributed by atoms with van der Waals surface area (Å²) in [5.41, 5.74) is 1.52. The minimum absolute atomic E-state index is 0.0138. The molecule has 1 aromatic heterocycles. The Balaban J connectivity index is 1.48. The molecular weight excluding hydrogens is 465 g/mol. The fraction of sp³-hybridized carbons (Fsp3) is 0.250. The van der Waals surface area contributed by atoms with Crippen LogP contribution in [0.5, 0.6) is 0 Å². The third kappa shape index (κ3) is 6.03. The Labute approximate surface area is 201 Å². The summed E-state index contributed by atoms with van der Waals surface area (Å²) >= 11 is 13.8. The second-order valence-corrected chi connectivity index (χ2v) is 9.60. The Morgan fingerprint density at radius 1 is 1.00 bits per heavy atom. The second kappa shape index (κ2) is 10.4. The van der Waals surface area contributed by atoms with Gasteiger partial charge in [-0.25, -0.2) is 4.79 Å². The number of carbonyl (C=O) groups is 2. The molecule has 1 aliphatic rings. The number of anilines is 1. The van der Waals surface area contributed by atoms with Crippen molar-refractivity contribution in [2.45, 2.75) is 32.0 Å². The molecule has 1 heterocycles. The molecule has 1 fully saturated rings. The average molecular weight is 488 g/mol. The van der Waals surface area contributed by atoms with Crippen molar-refractivity contribution >= 4 is 52.2 Å². The summed E-state index contributed by atoms with van der Waals surface area (Å²) < 4.78 is 0. The zero-order chi connectivity index (χ0) is 22.5. The molecule has 0 unspecified atom stereocenters. The maximum atomic E-state index is 13.4. The van der Waals surface area contributed by atoms with Gasteiger partial charge in [-0.3, -0.25) is 4.79 Å². The maximum Gasteiger partial charge on any atom is 0.322 e. The molecule has 5 nitrogen and oxygen atoms in total. The van der Waals surface area contributed by atoms with Crippen LogP contribution in [0.2, 0.25) is 10.0 Å². The van der Waals surface area contributed by atoms with Crippen LogP contribution in [0.4, 0.5) is 10.5 Å². The second-order valence-electron chi connectivity index (χ2n) is 7.73. The SMILES string of the molecule is O=C(CN(C(=O)Nc1ccc(Cl)cc1Cl)C1CC1)N(Cc1ccccc1)Cc1cccs1. The predicted octanol–water partition coefficient (Wildman–Crippen LogP) is 6.28. The molecule has 3 amide bonds. The molecule has 166 valence electrons. The zero-order valence-corrected chi connectivity index (χ0v) is 19.7. The van der Waals surface area contributed by atoms with Crippen molar-refractivity contribution in [3.05, 3.63) is 86.5 Å². The Bertz CT molecular complexity index is 1070. The summed E-state index contributed by atoms with van der Waals surface area (Å²) in [6.45, 7) is 1.01. The van der Waals surface area contributed by atoms with Crippen LogP contribution in [0.25, 0.3) is 0 Å². The quantitative estimate of drug-likeness (QED) is 0.406. The Hall–Kier alpha value is -2.54. The smallest absolute Gasteiger partial charge is 0.322 e. The van der Waals surface area contributed by atoms with Gasteiger partial charge in [0.1, 0.15) is 6.54 Å². The molecule has 0 atom stereocenters. The van der Waals surface area contributed by atoms with E-state index in [1.165, 1.54) is 0 Å². The van der Waals surface area contributed by atoms with E-state index in [9.17, 15) is 9.59 Å². The number of hydrogen-bond donors (Lipinski definition) is 1. The first-order chi connectivity index (χ1) is 15.5. The summed E-state index contributed by atoms with van der Waals surface area (Å²) in [6, 6.07) is 18.5. The molecule has 1 aliphatic carbocycles. The Morgan fingerprint density at radius 2 is 1.78 bits per heavy atom. The topological polar surface area (TPSA) is 52.7 Å². The first kappa shape index (κ1) is 22.6. The molecule has 1 saturated carbocycles. The fourth-order valence-corrected chi connectivity index (χ4v) is 4.58. The number of nitrogens with one attached hydrogen (secondary N) is 1. The summed E-state index contributed by atoms with van der Waals surface area (Å²) in [5.74, 6) is -0.0912. The van der Waals surface area contributed by atoms with Crippen LogP contribution in [0.3, 0.4) is 0 Å². The zero-order valence-electron chi connectivity index (χ0n) is 17.3. The number of benzene rings is 2. The standard InChI is InChI=1S/C24H23Cl2N3O2S/c25-18-8-11-22(21(26)13-18)27-24(31)29(19-9-10-19)16-23(30)28(15-20-7-4-12-32-20)14-17-5-2-1-3-6-17/h1-8,11-13,19H,9-10,14-16H2,(H,27,31). The first-order valence-electron chi connectivity index (χ1n) is 10.4. The fourth-order valence-electron chi connectivity index (χ4n) is 3.40. The van der Waals surface area contributed by atoms with Crippen LogP contribution in [0.15, 0.2) is 66.0 Å². The number of amides is 3. The molecule has 0 spiro atoms. The number of carbonyl (C=O) groups excluding carboxylic acids is 2. The highest BCUT2D eigenvalue weighted by molar-refractivity contribution is 7.09. The molecule has 0 radical (unpaired) electrons. The molecule has 8 heteroatoms. The lowest BCUT2D eigenvalue weighted by molar-refractivity contribution is -0.133. The minimum atomic E-state index is -0.333. The highest BCUT2D eigenvalue weighted by atomic mass is 35.5. The van der Waals surface area contributed by atoms with Crippen LogP contribution in [-0.2, 0) is 17.9 Å². The van der Waals surface area contributed by atoms with Gasteiger partial charge in [-0.15, -0.1) is 11.3 Å². The molecule has 0 saturated heterocycles. The van der Waals surface area contributed by atoms with Gasteiger partial charge in [0.15, 0.2) is 0 Å². The lowest BCUT2D eigenvalue weighted by Gasteiger charge is -2.28. The molecule has 0 bridgehead atoms. The van der Waals surface area contributed by atoms with Crippen molar-refractivity contribution in [3.8, 4) is 0 Å². The van der Waals surface area contributed by atoms with Crippen LogP contribution in [0.1, 0.15) is 23.3 Å². The Morgan fingerprint density at radius 3 is 2.44 bits per heavy atom. The molecule has 4 rings (SSSR count). The summed E-state index contributed by atoms with van der Waals surface area (Å²) in [6.07, 6.45) is 1.78. The third-order valence-electron chi connectivity index (χ3n) is 5.22. The van der Waals surface area contributed by atoms with Gasteiger partial charge >= 0.3 is 6.03 Å². The van der Waals surface area contributed by atoms with E-state index >= 15 is 0 Å². The summed E-state index contributed by atoms with van der Waals surface area (Å²) in [4.78, 5) is 30.9. The van der Waals surface area contributed by atoms with Crippen molar-refractivity contribution in [3.63, 3.8) is 0 Å². The van der Waals surface area contributed by atoms with Gasteiger partial charge in [-0.05, 0) is 48.1 Å². The van der Waals surface area contributed by atoms with Gasteiger partial charge in [0.2, 0.25) is 5.91 Å². The first-order valence-corrected chi connectivity index (χ1v) is 12.0. The van der Waals surface area contributed by atoms with Crippen molar-refractivity contribution in [2.24, 2.45) is 0 Å². The van der Waals surface area contributed by atoms with Gasteiger partial charge in [-0.2, -0.15) is 0 Å². The van der Waals surface area contributed by atoms with Crippen molar-refractivity contribution in [1.29, 1.82) is 0 Å². The van der Waals surface area contributed by atoms with Crippen molar-refractivity contribution in [1.82, 2.24) is 9.80 Å². The monoisotopic (exact) mass is 487 g/mol. The molecular formula is C24H23Cl2N3O2S. The van der Waals surface area contributed by atoms with Gasteiger partial charge in [-0.1, -0.05) is 59.6 Å². The van der Waals surface area contributed by atoms with E-state index in [2.05, 4.69) is 5.32 Å². The summed E-state index contributed by atoms with van der Waals surface area (Å²) in [7, 11) is 0. The van der Waals surface area contributed by atoms with E-state index in [-0.39, 0.29) is 24.5 Å². The minimum Gasteiger partial charge on any atom is -0.332 e. The van der Waals surface area contributed by atoms with E-state index < -0.39 is 0 Å². The van der Waals surface area contributed by atoms with E-state index in [1.54, 1.807) is 39.3 Å². The average Bonchev–Trinajstić information content (AvgIpc) is 3.49. The molecule has 3 aromatic rings. The highest BCUT2D eigenvalue weighted by Gasteiger charge is 2.35. The van der Waals surface area contributed by atoms with Crippen LogP contribution in [0, 0.1) is 0 Å².